The fourth-order valence-electron chi connectivity index (χ4n) is 3.42. The summed E-state index contributed by atoms with van der Waals surface area (Å²) in [5, 5.41) is 4.80. The van der Waals surface area contributed by atoms with Crippen molar-refractivity contribution in [3.8, 4) is 11.3 Å². The summed E-state index contributed by atoms with van der Waals surface area (Å²) >= 11 is 6.47. The van der Waals surface area contributed by atoms with Gasteiger partial charge in [0.15, 0.2) is 0 Å². The molecule has 3 N–H and O–H groups in total. The number of carbonyl (C=O) groups excluding carboxylic acids is 1. The number of hydrogen-bond donors (Lipinski definition) is 2. The maximum absolute atomic E-state index is 12.9. The normalized spacial score (nSPS) is 17.3. The largest absolute Gasteiger partial charge is 0.399 e. The monoisotopic (exact) mass is 380 g/mol. The van der Waals surface area contributed by atoms with Crippen molar-refractivity contribution in [1.29, 1.82) is 0 Å². The molecule has 5 nitrogen and oxygen atoms in total. The van der Waals surface area contributed by atoms with E-state index in [1.165, 1.54) is 0 Å². The first-order chi connectivity index (χ1) is 13.0. The molecule has 6 heteroatoms. The van der Waals surface area contributed by atoms with Crippen LogP contribution in [0.4, 0.5) is 5.69 Å². The standard InChI is InChI=1S/C21H21ClN4O/c1-13-12-26(9-8-24-13)21(27)15-4-7-17-18(22)11-19(25-20(17)10-15)14-2-5-16(23)6-3-14/h2-7,10-11,13,24H,8-9,12,23H2,1H3/t13-/m1/s1. The highest BCUT2D eigenvalue weighted by Gasteiger charge is 2.22. The molecule has 138 valence electrons. The summed E-state index contributed by atoms with van der Waals surface area (Å²) in [5.41, 5.74) is 9.50. The molecule has 1 atom stereocenters. The minimum absolute atomic E-state index is 0.0288. The van der Waals surface area contributed by atoms with Crippen molar-refractivity contribution in [2.45, 2.75) is 13.0 Å². The Hall–Kier alpha value is -2.63. The van der Waals surface area contributed by atoms with Crippen LogP contribution in [0.5, 0.6) is 0 Å². The first-order valence-corrected chi connectivity index (χ1v) is 9.38. The van der Waals surface area contributed by atoms with E-state index >= 15 is 0 Å². The Labute approximate surface area is 163 Å². The number of halogens is 1. The van der Waals surface area contributed by atoms with Crippen LogP contribution in [0.2, 0.25) is 5.02 Å². The number of nitrogens with two attached hydrogens (primary N) is 1. The molecule has 2 heterocycles. The fraction of sp³-hybridized carbons (Fsp3) is 0.238. The fourth-order valence-corrected chi connectivity index (χ4v) is 3.68. The lowest BCUT2D eigenvalue weighted by atomic mass is 10.1. The first-order valence-electron chi connectivity index (χ1n) is 9.00. The molecule has 1 aromatic heterocycles. The number of nitrogens with zero attached hydrogens (tertiary/aromatic N) is 2. The highest BCUT2D eigenvalue weighted by atomic mass is 35.5. The molecule has 1 amide bonds. The number of amides is 1. The predicted octanol–water partition coefficient (Wildman–Crippen LogP) is 3.57. The Kier molecular flexibility index (Phi) is 4.72. The lowest BCUT2D eigenvalue weighted by Crippen LogP contribution is -2.51. The average Bonchev–Trinajstić information content (AvgIpc) is 2.67. The van der Waals surface area contributed by atoms with Crippen LogP contribution in [0.1, 0.15) is 17.3 Å². The number of hydrogen-bond acceptors (Lipinski definition) is 4. The van der Waals surface area contributed by atoms with E-state index in [-0.39, 0.29) is 5.91 Å². The van der Waals surface area contributed by atoms with Crippen LogP contribution in [-0.2, 0) is 0 Å². The van der Waals surface area contributed by atoms with Crippen LogP contribution in [0, 0.1) is 0 Å². The number of nitrogens with one attached hydrogen (secondary N) is 1. The van der Waals surface area contributed by atoms with Crippen LogP contribution in [0.25, 0.3) is 22.2 Å². The van der Waals surface area contributed by atoms with Gasteiger partial charge in [-0.2, -0.15) is 0 Å². The predicted molar refractivity (Wildman–Crippen MR) is 110 cm³/mol. The second kappa shape index (κ2) is 7.18. The van der Waals surface area contributed by atoms with E-state index in [9.17, 15) is 4.79 Å². The number of benzene rings is 2. The van der Waals surface area contributed by atoms with Gasteiger partial charge < -0.3 is 16.0 Å². The molecule has 2 aromatic carbocycles. The topological polar surface area (TPSA) is 71.2 Å². The maximum Gasteiger partial charge on any atom is 0.254 e. The molecule has 0 saturated carbocycles. The van der Waals surface area contributed by atoms with Gasteiger partial charge in [0.2, 0.25) is 0 Å². The van der Waals surface area contributed by atoms with Crippen LogP contribution < -0.4 is 11.1 Å². The van der Waals surface area contributed by atoms with Crippen LogP contribution >= 0.6 is 11.6 Å². The van der Waals surface area contributed by atoms with Gasteiger partial charge >= 0.3 is 0 Å². The lowest BCUT2D eigenvalue weighted by molar-refractivity contribution is 0.0709. The van der Waals surface area contributed by atoms with Crippen molar-refractivity contribution in [2.75, 3.05) is 25.4 Å². The molecule has 0 unspecified atom stereocenters. The van der Waals surface area contributed by atoms with Crippen molar-refractivity contribution in [3.05, 3.63) is 59.1 Å². The summed E-state index contributed by atoms with van der Waals surface area (Å²) in [7, 11) is 0. The number of rotatable bonds is 2. The Morgan fingerprint density at radius 3 is 2.74 bits per heavy atom. The molecule has 1 aliphatic rings. The van der Waals surface area contributed by atoms with Crippen molar-refractivity contribution in [1.82, 2.24) is 15.2 Å². The summed E-state index contributed by atoms with van der Waals surface area (Å²) in [6.45, 7) is 4.31. The highest BCUT2D eigenvalue weighted by molar-refractivity contribution is 6.35. The van der Waals surface area contributed by atoms with Crippen LogP contribution in [0.15, 0.2) is 48.5 Å². The Balaban J connectivity index is 1.72. The molecule has 1 fully saturated rings. The molecule has 27 heavy (non-hydrogen) atoms. The zero-order chi connectivity index (χ0) is 19.0. The van der Waals surface area contributed by atoms with Gasteiger partial charge in [-0.15, -0.1) is 0 Å². The van der Waals surface area contributed by atoms with Crippen molar-refractivity contribution < 1.29 is 4.79 Å². The smallest absolute Gasteiger partial charge is 0.254 e. The summed E-state index contributed by atoms with van der Waals surface area (Å²) in [4.78, 5) is 19.5. The second-order valence-corrected chi connectivity index (χ2v) is 7.36. The molecule has 0 bridgehead atoms. The number of nitrogen functional groups attached to an aromatic ring is 1. The zero-order valence-electron chi connectivity index (χ0n) is 15.1. The number of pyridine rings is 1. The van der Waals surface area contributed by atoms with E-state index in [1.54, 1.807) is 0 Å². The Bertz CT molecular complexity index is 1000. The van der Waals surface area contributed by atoms with E-state index in [1.807, 2.05) is 53.4 Å². The average molecular weight is 381 g/mol. The van der Waals surface area contributed by atoms with Gasteiger partial charge in [0.1, 0.15) is 0 Å². The van der Waals surface area contributed by atoms with Gasteiger partial charge in [0.05, 0.1) is 16.2 Å². The van der Waals surface area contributed by atoms with Gasteiger partial charge in [-0.25, -0.2) is 4.98 Å². The number of piperazine rings is 1. The number of carbonyl (C=O) groups is 1. The summed E-state index contributed by atoms with van der Waals surface area (Å²) in [6.07, 6.45) is 0. The van der Waals surface area contributed by atoms with Crippen LogP contribution in [0.3, 0.4) is 0 Å². The van der Waals surface area contributed by atoms with E-state index in [2.05, 4.69) is 12.2 Å². The second-order valence-electron chi connectivity index (χ2n) is 6.95. The lowest BCUT2D eigenvalue weighted by Gasteiger charge is -2.32. The zero-order valence-corrected chi connectivity index (χ0v) is 15.8. The third kappa shape index (κ3) is 3.61. The quantitative estimate of drug-likeness (QED) is 0.667. The third-order valence-electron chi connectivity index (χ3n) is 4.87. The van der Waals surface area contributed by atoms with E-state index in [0.29, 0.717) is 40.9 Å². The van der Waals surface area contributed by atoms with Gasteiger partial charge in [-0.05, 0) is 37.3 Å². The van der Waals surface area contributed by atoms with Crippen molar-refractivity contribution in [3.63, 3.8) is 0 Å². The van der Waals surface area contributed by atoms with Gasteiger partial charge in [-0.3, -0.25) is 4.79 Å². The molecule has 0 aliphatic carbocycles. The summed E-state index contributed by atoms with van der Waals surface area (Å²) in [5.74, 6) is 0.0288. The molecular formula is C21H21ClN4O. The molecule has 3 aromatic rings. The third-order valence-corrected chi connectivity index (χ3v) is 5.18. The highest BCUT2D eigenvalue weighted by Crippen LogP contribution is 2.29. The maximum atomic E-state index is 12.9. The minimum atomic E-state index is 0.0288. The molecule has 0 spiro atoms. The molecular weight excluding hydrogens is 360 g/mol. The summed E-state index contributed by atoms with van der Waals surface area (Å²) in [6, 6.07) is 15.2. The minimum Gasteiger partial charge on any atom is -0.399 e. The number of aromatic nitrogens is 1. The van der Waals surface area contributed by atoms with Gasteiger partial charge in [0.25, 0.3) is 5.91 Å². The first kappa shape index (κ1) is 17.8. The van der Waals surface area contributed by atoms with Crippen molar-refractivity contribution in [2.24, 2.45) is 0 Å². The van der Waals surface area contributed by atoms with Crippen LogP contribution in [-0.4, -0.2) is 41.5 Å². The number of fused-ring (bicyclic) bond motifs is 1. The number of anilines is 1. The molecule has 1 aliphatic heterocycles. The summed E-state index contributed by atoms with van der Waals surface area (Å²) < 4.78 is 0. The Morgan fingerprint density at radius 2 is 2.00 bits per heavy atom. The van der Waals surface area contributed by atoms with E-state index in [0.717, 1.165) is 23.2 Å². The van der Waals surface area contributed by atoms with E-state index in [4.69, 9.17) is 22.3 Å². The van der Waals surface area contributed by atoms with Crippen molar-refractivity contribution >= 4 is 34.1 Å². The van der Waals surface area contributed by atoms with Gasteiger partial charge in [0, 0.05) is 47.9 Å². The van der Waals surface area contributed by atoms with E-state index < -0.39 is 0 Å². The van der Waals surface area contributed by atoms with Gasteiger partial charge in [-0.1, -0.05) is 29.8 Å². The SMILES string of the molecule is C[C@@H]1CN(C(=O)c2ccc3c(Cl)cc(-c4ccc(N)cc4)nc3c2)CCN1. The molecule has 4 rings (SSSR count). The molecule has 1 saturated heterocycles. The molecule has 0 radical (unpaired) electrons. The Morgan fingerprint density at radius 1 is 1.22 bits per heavy atom.